The van der Waals surface area contributed by atoms with Crippen molar-refractivity contribution in [3.05, 3.63) is 71.2 Å². The Labute approximate surface area is 127 Å². The number of halogens is 1. The molecule has 0 fully saturated rings. The smallest absolute Gasteiger partial charge is 0.272 e. The summed E-state index contributed by atoms with van der Waals surface area (Å²) in [5.74, 6) is -0.214. The molecule has 2 heterocycles. The first-order chi connectivity index (χ1) is 10.1. The predicted octanol–water partition coefficient (Wildman–Crippen LogP) is 3.16. The Morgan fingerprint density at radius 1 is 1.33 bits per heavy atom. The number of imidazole rings is 1. The molecule has 0 radical (unpaired) electrons. The molecule has 0 saturated heterocycles. The summed E-state index contributed by atoms with van der Waals surface area (Å²) in [5.41, 5.74) is 2.20. The van der Waals surface area contributed by atoms with Gasteiger partial charge in [0.1, 0.15) is 11.3 Å². The minimum Gasteiger partial charge on any atom is -0.341 e. The van der Waals surface area contributed by atoms with Gasteiger partial charge in [-0.3, -0.25) is 4.79 Å². The second-order valence-corrected chi connectivity index (χ2v) is 5.33. The number of nitrogens with one attached hydrogen (secondary N) is 1. The number of hydrogen-bond acceptors (Lipinski definition) is 2. The molecule has 106 valence electrons. The Hall–Kier alpha value is -2.33. The third kappa shape index (κ3) is 3.06. The third-order valence-corrected chi connectivity index (χ3v) is 3.41. The molecular formula is C16H14ClN3O. The lowest BCUT2D eigenvalue weighted by atomic mass is 10.2. The summed E-state index contributed by atoms with van der Waals surface area (Å²) >= 11 is 5.92. The molecule has 21 heavy (non-hydrogen) atoms. The second-order valence-electron chi connectivity index (χ2n) is 4.89. The van der Waals surface area contributed by atoms with Crippen LogP contribution in [0.15, 0.2) is 60.5 Å². The average Bonchev–Trinajstić information content (AvgIpc) is 2.77. The minimum atomic E-state index is -0.214. The van der Waals surface area contributed by atoms with Crippen LogP contribution in [0.4, 0.5) is 0 Å². The fourth-order valence-corrected chi connectivity index (χ4v) is 2.27. The lowest BCUT2D eigenvalue weighted by Crippen LogP contribution is -2.32. The van der Waals surface area contributed by atoms with Crippen LogP contribution in [0.25, 0.3) is 5.65 Å². The van der Waals surface area contributed by atoms with Gasteiger partial charge in [-0.05, 0) is 19.1 Å². The molecule has 1 amide bonds. The van der Waals surface area contributed by atoms with Crippen molar-refractivity contribution in [2.24, 2.45) is 0 Å². The number of carbonyl (C=O) groups excluding carboxylic acids is 1. The lowest BCUT2D eigenvalue weighted by Gasteiger charge is -2.08. The molecule has 2 aromatic rings. The van der Waals surface area contributed by atoms with Crippen LogP contribution in [0.5, 0.6) is 0 Å². The van der Waals surface area contributed by atoms with Gasteiger partial charge in [-0.25, -0.2) is 4.98 Å². The standard InChI is InChI=1S/C16H14ClN3O/c1-11-3-2-4-13(7-5-11)18-16(21)14-10-20-9-12(17)6-8-15(20)19-14/h2-10,13H,1H3,(H,18,21). The molecule has 3 rings (SSSR count). The monoisotopic (exact) mass is 299 g/mol. The number of amides is 1. The van der Waals surface area contributed by atoms with Crippen molar-refractivity contribution in [2.75, 3.05) is 0 Å². The lowest BCUT2D eigenvalue weighted by molar-refractivity contribution is 0.0946. The van der Waals surface area contributed by atoms with E-state index < -0.39 is 0 Å². The summed E-state index contributed by atoms with van der Waals surface area (Å²) in [4.78, 5) is 16.5. The van der Waals surface area contributed by atoms with E-state index in [-0.39, 0.29) is 11.9 Å². The number of hydrogen-bond donors (Lipinski definition) is 1. The molecule has 2 aromatic heterocycles. The zero-order chi connectivity index (χ0) is 14.8. The first-order valence-electron chi connectivity index (χ1n) is 6.60. The Balaban J connectivity index is 1.79. The maximum atomic E-state index is 12.3. The molecule has 0 saturated carbocycles. The number of allylic oxidation sites excluding steroid dienone is 4. The molecule has 1 unspecified atom stereocenters. The van der Waals surface area contributed by atoms with E-state index in [4.69, 9.17) is 11.6 Å². The van der Waals surface area contributed by atoms with Gasteiger partial charge in [0.2, 0.25) is 0 Å². The Morgan fingerprint density at radius 2 is 2.19 bits per heavy atom. The maximum absolute atomic E-state index is 12.3. The Kier molecular flexibility index (Phi) is 3.62. The number of aromatic nitrogens is 2. The van der Waals surface area contributed by atoms with E-state index in [1.807, 2.05) is 37.3 Å². The number of rotatable bonds is 2. The molecule has 0 spiro atoms. The van der Waals surface area contributed by atoms with Gasteiger partial charge in [0, 0.05) is 12.4 Å². The fourth-order valence-electron chi connectivity index (χ4n) is 2.10. The zero-order valence-corrected chi connectivity index (χ0v) is 12.2. The second kappa shape index (κ2) is 5.58. The molecular weight excluding hydrogens is 286 g/mol. The summed E-state index contributed by atoms with van der Waals surface area (Å²) in [7, 11) is 0. The van der Waals surface area contributed by atoms with Gasteiger partial charge in [0.15, 0.2) is 0 Å². The van der Waals surface area contributed by atoms with Crippen LogP contribution in [0.1, 0.15) is 17.4 Å². The summed E-state index contributed by atoms with van der Waals surface area (Å²) in [6.45, 7) is 2.01. The highest BCUT2D eigenvalue weighted by atomic mass is 35.5. The molecule has 0 aromatic carbocycles. The van der Waals surface area contributed by atoms with Crippen molar-refractivity contribution in [3.63, 3.8) is 0 Å². The Morgan fingerprint density at radius 3 is 3.05 bits per heavy atom. The number of pyridine rings is 1. The largest absolute Gasteiger partial charge is 0.341 e. The van der Waals surface area contributed by atoms with Gasteiger partial charge in [-0.15, -0.1) is 0 Å². The van der Waals surface area contributed by atoms with Crippen LogP contribution in [0.3, 0.4) is 0 Å². The third-order valence-electron chi connectivity index (χ3n) is 3.19. The topological polar surface area (TPSA) is 46.4 Å². The molecule has 0 bridgehead atoms. The summed E-state index contributed by atoms with van der Waals surface area (Å²) in [5, 5.41) is 3.52. The first kappa shape index (κ1) is 13.6. The fraction of sp³-hybridized carbons (Fsp3) is 0.125. The van der Waals surface area contributed by atoms with Gasteiger partial charge >= 0.3 is 0 Å². The summed E-state index contributed by atoms with van der Waals surface area (Å²) in [6.07, 6.45) is 13.2. The van der Waals surface area contributed by atoms with Crippen molar-refractivity contribution in [1.29, 1.82) is 0 Å². The van der Waals surface area contributed by atoms with E-state index in [0.717, 1.165) is 5.57 Å². The SMILES string of the molecule is CC1=CC=CC(NC(=O)c2cn3cc(Cl)ccc3n2)C=C1. The van der Waals surface area contributed by atoms with Gasteiger partial charge in [0.25, 0.3) is 5.91 Å². The van der Waals surface area contributed by atoms with E-state index in [0.29, 0.717) is 16.4 Å². The van der Waals surface area contributed by atoms with Crippen molar-refractivity contribution in [1.82, 2.24) is 14.7 Å². The predicted molar refractivity (Wildman–Crippen MR) is 83.5 cm³/mol. The van der Waals surface area contributed by atoms with Crippen molar-refractivity contribution in [2.45, 2.75) is 13.0 Å². The molecule has 0 aliphatic heterocycles. The zero-order valence-electron chi connectivity index (χ0n) is 11.5. The van der Waals surface area contributed by atoms with E-state index in [1.165, 1.54) is 0 Å². The van der Waals surface area contributed by atoms with Crippen LogP contribution in [-0.4, -0.2) is 21.3 Å². The van der Waals surface area contributed by atoms with E-state index in [2.05, 4.69) is 10.3 Å². The summed E-state index contributed by atoms with van der Waals surface area (Å²) < 4.78 is 1.74. The van der Waals surface area contributed by atoms with Gasteiger partial charge < -0.3 is 9.72 Å². The highest BCUT2D eigenvalue weighted by Crippen LogP contribution is 2.12. The van der Waals surface area contributed by atoms with Crippen molar-refractivity contribution in [3.8, 4) is 0 Å². The van der Waals surface area contributed by atoms with Gasteiger partial charge in [-0.1, -0.05) is 47.6 Å². The van der Waals surface area contributed by atoms with Crippen LogP contribution < -0.4 is 5.32 Å². The van der Waals surface area contributed by atoms with Crippen molar-refractivity contribution < 1.29 is 4.79 Å². The van der Waals surface area contributed by atoms with Crippen LogP contribution in [0, 0.1) is 0 Å². The van der Waals surface area contributed by atoms with E-state index >= 15 is 0 Å². The molecule has 4 nitrogen and oxygen atoms in total. The number of nitrogens with zero attached hydrogens (tertiary/aromatic N) is 2. The van der Waals surface area contributed by atoms with Gasteiger partial charge in [0.05, 0.1) is 11.1 Å². The van der Waals surface area contributed by atoms with E-state index in [1.54, 1.807) is 28.9 Å². The van der Waals surface area contributed by atoms with Crippen molar-refractivity contribution >= 4 is 23.2 Å². The minimum absolute atomic E-state index is 0.139. The normalized spacial score (nSPS) is 17.6. The number of carbonyl (C=O) groups is 1. The highest BCUT2D eigenvalue weighted by molar-refractivity contribution is 6.30. The maximum Gasteiger partial charge on any atom is 0.272 e. The van der Waals surface area contributed by atoms with E-state index in [9.17, 15) is 4.79 Å². The molecule has 1 N–H and O–H groups in total. The van der Waals surface area contributed by atoms with Crippen LogP contribution >= 0.6 is 11.6 Å². The van der Waals surface area contributed by atoms with Crippen LogP contribution in [0.2, 0.25) is 5.02 Å². The highest BCUT2D eigenvalue weighted by Gasteiger charge is 2.13. The first-order valence-corrected chi connectivity index (χ1v) is 6.98. The molecule has 1 aliphatic carbocycles. The average molecular weight is 300 g/mol. The molecule has 5 heteroatoms. The quantitative estimate of drug-likeness (QED) is 0.926. The van der Waals surface area contributed by atoms with Gasteiger partial charge in [-0.2, -0.15) is 0 Å². The summed E-state index contributed by atoms with van der Waals surface area (Å²) in [6, 6.07) is 3.38. The molecule has 1 atom stereocenters. The van der Waals surface area contributed by atoms with Crippen LogP contribution in [-0.2, 0) is 0 Å². The number of fused-ring (bicyclic) bond motifs is 1. The molecule has 1 aliphatic rings. The Bertz CT molecular complexity index is 786.